The van der Waals surface area contributed by atoms with Gasteiger partial charge in [-0.15, -0.1) is 0 Å². The number of nitrogens with two attached hydrogens (primary N) is 1. The Kier molecular flexibility index (Phi) is 9.70. The molecule has 2 aliphatic carbocycles. The van der Waals surface area contributed by atoms with Gasteiger partial charge in [0, 0.05) is 39.5 Å². The van der Waals surface area contributed by atoms with Crippen LogP contribution in [-0.4, -0.2) is 57.7 Å². The van der Waals surface area contributed by atoms with Crippen molar-refractivity contribution in [3.63, 3.8) is 0 Å². The number of methoxy groups -OCH3 is 3. The summed E-state index contributed by atoms with van der Waals surface area (Å²) in [5.74, 6) is 0.387. The van der Waals surface area contributed by atoms with Gasteiger partial charge in [0.05, 0.1) is 12.2 Å². The van der Waals surface area contributed by atoms with E-state index in [1.54, 1.807) is 21.3 Å². The highest BCUT2D eigenvalue weighted by Gasteiger charge is 2.38. The van der Waals surface area contributed by atoms with Gasteiger partial charge in [-0.25, -0.2) is 0 Å². The lowest BCUT2D eigenvalue weighted by Gasteiger charge is -2.37. The number of hydrogen-bond acceptors (Lipinski definition) is 6. The van der Waals surface area contributed by atoms with Gasteiger partial charge in [-0.3, -0.25) is 4.79 Å². The lowest BCUT2D eigenvalue weighted by atomic mass is 9.83. The van der Waals surface area contributed by atoms with Gasteiger partial charge in [0.2, 0.25) is 0 Å². The van der Waals surface area contributed by atoms with Gasteiger partial charge in [0.25, 0.3) is 5.91 Å². The average molecular weight is 463 g/mol. The maximum Gasteiger partial charge on any atom is 0.255 e. The summed E-state index contributed by atoms with van der Waals surface area (Å²) in [5, 5.41) is 3.05. The molecule has 1 aromatic carbocycles. The standard InChI is InChI=1S/C26H42N2O5/c1-16(2)33-24(21(27)13-17-9-7-6-8-10-17)26(29)28-19-11-12-20-18(14-19)15-22(30-3)25(32-5)23(20)31-4/h11-12,14,16-17,21-25H,6-10,13,15,27H2,1-5H3,(H,28,29)/t21-,22?,23?,24?,25?/m1/s1. The highest BCUT2D eigenvalue weighted by atomic mass is 16.6. The van der Waals surface area contributed by atoms with Crippen molar-refractivity contribution in [2.75, 3.05) is 26.6 Å². The maximum absolute atomic E-state index is 13.3. The Hall–Kier alpha value is -1.51. The quantitative estimate of drug-likeness (QED) is 0.546. The summed E-state index contributed by atoms with van der Waals surface area (Å²) in [7, 11) is 5.03. The molecule has 2 aliphatic rings. The van der Waals surface area contributed by atoms with Crippen LogP contribution in [0.4, 0.5) is 5.69 Å². The largest absolute Gasteiger partial charge is 0.378 e. The molecule has 0 radical (unpaired) electrons. The molecule has 33 heavy (non-hydrogen) atoms. The Balaban J connectivity index is 1.74. The minimum Gasteiger partial charge on any atom is -0.378 e. The fourth-order valence-corrected chi connectivity index (χ4v) is 5.39. The average Bonchev–Trinajstić information content (AvgIpc) is 2.81. The van der Waals surface area contributed by atoms with E-state index in [2.05, 4.69) is 5.32 Å². The molecule has 3 rings (SSSR count). The van der Waals surface area contributed by atoms with E-state index in [9.17, 15) is 4.79 Å². The van der Waals surface area contributed by atoms with E-state index in [0.717, 1.165) is 23.2 Å². The second kappa shape index (κ2) is 12.3. The van der Waals surface area contributed by atoms with E-state index in [-0.39, 0.29) is 36.4 Å². The summed E-state index contributed by atoms with van der Waals surface area (Å²) in [6.45, 7) is 3.88. The number of rotatable bonds is 10. The molecule has 0 aromatic heterocycles. The molecule has 1 aromatic rings. The molecule has 0 aliphatic heterocycles. The Labute approximate surface area is 198 Å². The van der Waals surface area contributed by atoms with Crippen molar-refractivity contribution < 1.29 is 23.7 Å². The number of fused-ring (bicyclic) bond motifs is 1. The Morgan fingerprint density at radius 2 is 1.82 bits per heavy atom. The number of carbonyl (C=O) groups is 1. The second-order valence-corrected chi connectivity index (χ2v) is 9.75. The topological polar surface area (TPSA) is 92.0 Å². The summed E-state index contributed by atoms with van der Waals surface area (Å²) in [4.78, 5) is 13.3. The summed E-state index contributed by atoms with van der Waals surface area (Å²) in [5.41, 5.74) is 9.39. The van der Waals surface area contributed by atoms with Crippen molar-refractivity contribution in [1.82, 2.24) is 0 Å². The molecular weight excluding hydrogens is 420 g/mol. The summed E-state index contributed by atoms with van der Waals surface area (Å²) in [6.07, 6.45) is 6.39. The molecule has 5 atom stereocenters. The van der Waals surface area contributed by atoms with Gasteiger partial charge in [-0.1, -0.05) is 38.2 Å². The van der Waals surface area contributed by atoms with Crippen LogP contribution < -0.4 is 11.1 Å². The zero-order chi connectivity index (χ0) is 24.0. The molecular formula is C26H42N2O5. The molecule has 7 heteroatoms. The molecule has 7 nitrogen and oxygen atoms in total. The zero-order valence-corrected chi connectivity index (χ0v) is 20.8. The predicted molar refractivity (Wildman–Crippen MR) is 129 cm³/mol. The van der Waals surface area contributed by atoms with Gasteiger partial charge >= 0.3 is 0 Å². The first-order valence-electron chi connectivity index (χ1n) is 12.3. The molecule has 0 bridgehead atoms. The summed E-state index contributed by atoms with van der Waals surface area (Å²) >= 11 is 0. The van der Waals surface area contributed by atoms with Crippen molar-refractivity contribution in [2.24, 2.45) is 11.7 Å². The van der Waals surface area contributed by atoms with Crippen LogP contribution in [0.1, 0.15) is 69.6 Å². The maximum atomic E-state index is 13.3. The van der Waals surface area contributed by atoms with E-state index >= 15 is 0 Å². The lowest BCUT2D eigenvalue weighted by molar-refractivity contribution is -0.132. The van der Waals surface area contributed by atoms with Crippen LogP contribution in [0.3, 0.4) is 0 Å². The van der Waals surface area contributed by atoms with E-state index in [4.69, 9.17) is 24.7 Å². The molecule has 4 unspecified atom stereocenters. The highest BCUT2D eigenvalue weighted by molar-refractivity contribution is 5.94. The minimum atomic E-state index is -0.681. The normalized spacial score (nSPS) is 25.5. The van der Waals surface area contributed by atoms with Crippen LogP contribution in [0.25, 0.3) is 0 Å². The van der Waals surface area contributed by atoms with Crippen LogP contribution in [0.5, 0.6) is 0 Å². The zero-order valence-electron chi connectivity index (χ0n) is 20.8. The number of ether oxygens (including phenoxy) is 4. The Bertz CT molecular complexity index is 765. The predicted octanol–water partition coefficient (Wildman–Crippen LogP) is 3.99. The van der Waals surface area contributed by atoms with E-state index < -0.39 is 6.10 Å². The third kappa shape index (κ3) is 6.55. The Morgan fingerprint density at radius 1 is 1.09 bits per heavy atom. The number of carbonyl (C=O) groups excluding carboxylic acids is 1. The second-order valence-electron chi connectivity index (χ2n) is 9.75. The summed E-state index contributed by atoms with van der Waals surface area (Å²) in [6, 6.07) is 5.57. The Morgan fingerprint density at radius 3 is 2.42 bits per heavy atom. The number of benzene rings is 1. The number of amides is 1. The van der Waals surface area contributed by atoms with Crippen LogP contribution >= 0.6 is 0 Å². The molecule has 1 fully saturated rings. The molecule has 0 spiro atoms. The molecule has 1 amide bonds. The van der Waals surface area contributed by atoms with Gasteiger partial charge < -0.3 is 30.0 Å². The van der Waals surface area contributed by atoms with E-state index in [0.29, 0.717) is 12.3 Å². The first-order valence-corrected chi connectivity index (χ1v) is 12.3. The fraction of sp³-hybridized carbons (Fsp3) is 0.731. The van der Waals surface area contributed by atoms with Crippen LogP contribution in [-0.2, 0) is 30.2 Å². The molecule has 0 saturated heterocycles. The first kappa shape index (κ1) is 26.1. The molecule has 3 N–H and O–H groups in total. The first-order chi connectivity index (χ1) is 15.9. The van der Waals surface area contributed by atoms with E-state index in [1.807, 2.05) is 32.0 Å². The van der Waals surface area contributed by atoms with Gasteiger partial charge in [-0.2, -0.15) is 0 Å². The van der Waals surface area contributed by atoms with Crippen molar-refractivity contribution >= 4 is 11.6 Å². The molecule has 1 saturated carbocycles. The van der Waals surface area contributed by atoms with Gasteiger partial charge in [0.15, 0.2) is 6.10 Å². The molecule has 0 heterocycles. The van der Waals surface area contributed by atoms with Crippen LogP contribution in [0.15, 0.2) is 18.2 Å². The molecule has 186 valence electrons. The number of nitrogens with one attached hydrogen (secondary N) is 1. The lowest BCUT2D eigenvalue weighted by Crippen LogP contribution is -2.47. The SMILES string of the molecule is COC1Cc2cc(NC(=O)C(OC(C)C)[C@H](N)CC3CCCCC3)ccc2C(OC)C1OC. The third-order valence-corrected chi connectivity index (χ3v) is 7.03. The fourth-order valence-electron chi connectivity index (χ4n) is 5.39. The smallest absolute Gasteiger partial charge is 0.255 e. The minimum absolute atomic E-state index is 0.0856. The van der Waals surface area contributed by atoms with Crippen molar-refractivity contribution in [2.45, 2.75) is 95.4 Å². The van der Waals surface area contributed by atoms with Crippen molar-refractivity contribution in [1.29, 1.82) is 0 Å². The van der Waals surface area contributed by atoms with Gasteiger partial charge in [-0.05, 0) is 49.4 Å². The van der Waals surface area contributed by atoms with Crippen LogP contribution in [0, 0.1) is 5.92 Å². The highest BCUT2D eigenvalue weighted by Crippen LogP contribution is 2.36. The third-order valence-electron chi connectivity index (χ3n) is 7.03. The monoisotopic (exact) mass is 462 g/mol. The van der Waals surface area contributed by atoms with Gasteiger partial charge in [0.1, 0.15) is 12.2 Å². The number of hydrogen-bond donors (Lipinski definition) is 2. The summed E-state index contributed by atoms with van der Waals surface area (Å²) < 4.78 is 23.1. The van der Waals surface area contributed by atoms with Crippen LogP contribution in [0.2, 0.25) is 0 Å². The van der Waals surface area contributed by atoms with E-state index in [1.165, 1.54) is 32.1 Å². The number of anilines is 1. The van der Waals surface area contributed by atoms with Crippen molar-refractivity contribution in [3.8, 4) is 0 Å². The van der Waals surface area contributed by atoms with Crippen molar-refractivity contribution in [3.05, 3.63) is 29.3 Å².